The van der Waals surface area contributed by atoms with Crippen molar-refractivity contribution in [1.82, 2.24) is 10.5 Å². The minimum Gasteiger partial charge on any atom is -0.371 e. The Morgan fingerprint density at radius 2 is 2.16 bits per heavy atom. The molecule has 1 N–H and O–H groups in total. The Hall–Kier alpha value is -1.42. The maximum atomic E-state index is 11.6. The molecule has 0 aromatic carbocycles. The van der Waals surface area contributed by atoms with E-state index in [-0.39, 0.29) is 5.97 Å². The molecule has 4 nitrogen and oxygen atoms in total. The molecule has 0 amide bonds. The zero-order chi connectivity index (χ0) is 13.3. The molecule has 0 aliphatic heterocycles. The lowest BCUT2D eigenvalue weighted by Crippen LogP contribution is -2.24. The molecule has 0 atom stereocenters. The molecule has 0 unspecified atom stereocenters. The topological polar surface area (TPSA) is 51.2 Å². The summed E-state index contributed by atoms with van der Waals surface area (Å²) in [5, 5.41) is 0. The SMILES string of the molecule is O=C(CC1CCCCC1)ONCCc1ccccn1. The molecule has 0 bridgehead atoms. The summed E-state index contributed by atoms with van der Waals surface area (Å²) in [5.41, 5.74) is 3.73. The van der Waals surface area contributed by atoms with Gasteiger partial charge in [0.25, 0.3) is 0 Å². The predicted octanol–water partition coefficient (Wildman–Crippen LogP) is 2.64. The molecule has 0 saturated heterocycles. The molecule has 1 fully saturated rings. The van der Waals surface area contributed by atoms with Crippen LogP contribution < -0.4 is 5.48 Å². The summed E-state index contributed by atoms with van der Waals surface area (Å²) >= 11 is 0. The van der Waals surface area contributed by atoms with Crippen molar-refractivity contribution in [2.45, 2.75) is 44.9 Å². The number of rotatable bonds is 6. The van der Waals surface area contributed by atoms with E-state index in [1.54, 1.807) is 6.20 Å². The summed E-state index contributed by atoms with van der Waals surface area (Å²) in [7, 11) is 0. The highest BCUT2D eigenvalue weighted by Crippen LogP contribution is 2.26. The Kier molecular flexibility index (Phi) is 5.82. The van der Waals surface area contributed by atoms with Crippen molar-refractivity contribution in [2.24, 2.45) is 5.92 Å². The average molecular weight is 262 g/mol. The van der Waals surface area contributed by atoms with Crippen LogP contribution >= 0.6 is 0 Å². The third kappa shape index (κ3) is 5.39. The van der Waals surface area contributed by atoms with E-state index in [0.717, 1.165) is 12.1 Å². The van der Waals surface area contributed by atoms with Crippen molar-refractivity contribution in [3.63, 3.8) is 0 Å². The van der Waals surface area contributed by atoms with E-state index >= 15 is 0 Å². The molecule has 1 aromatic heterocycles. The number of aromatic nitrogens is 1. The van der Waals surface area contributed by atoms with Crippen LogP contribution in [0.15, 0.2) is 24.4 Å². The van der Waals surface area contributed by atoms with Gasteiger partial charge in [0.1, 0.15) is 0 Å². The van der Waals surface area contributed by atoms with Gasteiger partial charge in [0.05, 0.1) is 6.42 Å². The lowest BCUT2D eigenvalue weighted by molar-refractivity contribution is -0.152. The van der Waals surface area contributed by atoms with Crippen molar-refractivity contribution in [3.8, 4) is 0 Å². The van der Waals surface area contributed by atoms with Crippen LogP contribution in [-0.2, 0) is 16.1 Å². The molecule has 1 aliphatic carbocycles. The first-order chi connectivity index (χ1) is 9.34. The zero-order valence-corrected chi connectivity index (χ0v) is 11.3. The molecule has 0 radical (unpaired) electrons. The highest BCUT2D eigenvalue weighted by Gasteiger charge is 2.17. The fourth-order valence-corrected chi connectivity index (χ4v) is 2.53. The van der Waals surface area contributed by atoms with Gasteiger partial charge in [-0.3, -0.25) is 9.78 Å². The minimum atomic E-state index is -0.132. The van der Waals surface area contributed by atoms with Crippen molar-refractivity contribution >= 4 is 5.97 Å². The fraction of sp³-hybridized carbons (Fsp3) is 0.600. The minimum absolute atomic E-state index is 0.132. The van der Waals surface area contributed by atoms with Gasteiger partial charge < -0.3 is 4.84 Å². The molecule has 19 heavy (non-hydrogen) atoms. The highest BCUT2D eigenvalue weighted by molar-refractivity contribution is 5.69. The normalized spacial score (nSPS) is 16.2. The van der Waals surface area contributed by atoms with Crippen LogP contribution in [-0.4, -0.2) is 17.5 Å². The quantitative estimate of drug-likeness (QED) is 0.632. The van der Waals surface area contributed by atoms with E-state index in [2.05, 4.69) is 10.5 Å². The highest BCUT2D eigenvalue weighted by atomic mass is 16.7. The third-order valence-corrected chi connectivity index (χ3v) is 3.58. The first-order valence-corrected chi connectivity index (χ1v) is 7.17. The number of carbonyl (C=O) groups is 1. The van der Waals surface area contributed by atoms with Crippen LogP contribution in [0.3, 0.4) is 0 Å². The monoisotopic (exact) mass is 262 g/mol. The number of nitrogens with zero attached hydrogens (tertiary/aromatic N) is 1. The number of hydrogen-bond acceptors (Lipinski definition) is 4. The van der Waals surface area contributed by atoms with Gasteiger partial charge in [-0.2, -0.15) is 5.48 Å². The van der Waals surface area contributed by atoms with Crippen molar-refractivity contribution in [3.05, 3.63) is 30.1 Å². The Morgan fingerprint density at radius 1 is 1.32 bits per heavy atom. The van der Waals surface area contributed by atoms with Gasteiger partial charge in [-0.05, 0) is 30.9 Å². The second kappa shape index (κ2) is 7.89. The van der Waals surface area contributed by atoms with Gasteiger partial charge in [-0.1, -0.05) is 25.3 Å². The Balaban J connectivity index is 1.56. The van der Waals surface area contributed by atoms with Crippen LogP contribution in [0.2, 0.25) is 0 Å². The zero-order valence-electron chi connectivity index (χ0n) is 11.3. The molecule has 1 aromatic rings. The van der Waals surface area contributed by atoms with Crippen LogP contribution in [0, 0.1) is 5.92 Å². The Labute approximate surface area is 114 Å². The van der Waals surface area contributed by atoms with Crippen molar-refractivity contribution in [1.29, 1.82) is 0 Å². The van der Waals surface area contributed by atoms with Gasteiger partial charge in [-0.15, -0.1) is 0 Å². The molecule has 2 rings (SSSR count). The van der Waals surface area contributed by atoms with Crippen molar-refractivity contribution in [2.75, 3.05) is 6.54 Å². The fourth-order valence-electron chi connectivity index (χ4n) is 2.53. The molecule has 1 aliphatic rings. The van der Waals surface area contributed by atoms with Crippen LogP contribution in [0.5, 0.6) is 0 Å². The van der Waals surface area contributed by atoms with E-state index in [9.17, 15) is 4.79 Å². The Bertz CT molecular complexity index is 375. The second-order valence-corrected chi connectivity index (χ2v) is 5.15. The molecule has 104 valence electrons. The molecule has 0 spiro atoms. The summed E-state index contributed by atoms with van der Waals surface area (Å²) in [4.78, 5) is 20.9. The van der Waals surface area contributed by atoms with Crippen LogP contribution in [0.4, 0.5) is 0 Å². The first kappa shape index (κ1) is 14.0. The summed E-state index contributed by atoms with van der Waals surface area (Å²) < 4.78 is 0. The maximum absolute atomic E-state index is 11.6. The van der Waals surface area contributed by atoms with Crippen molar-refractivity contribution < 1.29 is 9.63 Å². The van der Waals surface area contributed by atoms with E-state index < -0.39 is 0 Å². The molecular formula is C15H22N2O2. The standard InChI is InChI=1S/C15H22N2O2/c18-15(12-13-6-2-1-3-7-13)19-17-11-9-14-8-4-5-10-16-14/h4-5,8,10,13,17H,1-3,6-7,9,11-12H2. The van der Waals surface area contributed by atoms with E-state index in [0.29, 0.717) is 18.9 Å². The second-order valence-electron chi connectivity index (χ2n) is 5.15. The maximum Gasteiger partial charge on any atom is 0.325 e. The number of hydroxylamine groups is 1. The number of carbonyl (C=O) groups excluding carboxylic acids is 1. The van der Waals surface area contributed by atoms with Gasteiger partial charge in [-0.25, -0.2) is 0 Å². The molecule has 4 heteroatoms. The first-order valence-electron chi connectivity index (χ1n) is 7.17. The number of nitrogens with one attached hydrogen (secondary N) is 1. The molecule has 1 saturated carbocycles. The Morgan fingerprint density at radius 3 is 2.89 bits per heavy atom. The largest absolute Gasteiger partial charge is 0.371 e. The molecular weight excluding hydrogens is 240 g/mol. The van der Waals surface area contributed by atoms with Gasteiger partial charge in [0.15, 0.2) is 0 Å². The van der Waals surface area contributed by atoms with Gasteiger partial charge in [0, 0.05) is 24.9 Å². The lowest BCUT2D eigenvalue weighted by atomic mass is 9.87. The lowest BCUT2D eigenvalue weighted by Gasteiger charge is -2.20. The summed E-state index contributed by atoms with van der Waals surface area (Å²) in [6, 6.07) is 5.81. The van der Waals surface area contributed by atoms with E-state index in [1.165, 1.54) is 32.1 Å². The smallest absolute Gasteiger partial charge is 0.325 e. The summed E-state index contributed by atoms with van der Waals surface area (Å²) in [6.07, 6.45) is 9.24. The summed E-state index contributed by atoms with van der Waals surface area (Å²) in [5.74, 6) is 0.395. The van der Waals surface area contributed by atoms with E-state index in [1.807, 2.05) is 18.2 Å². The number of pyridine rings is 1. The van der Waals surface area contributed by atoms with Gasteiger partial charge in [0.2, 0.25) is 0 Å². The van der Waals surface area contributed by atoms with E-state index in [4.69, 9.17) is 4.84 Å². The van der Waals surface area contributed by atoms with Gasteiger partial charge >= 0.3 is 5.97 Å². The predicted molar refractivity (Wildman–Crippen MR) is 73.2 cm³/mol. The van der Waals surface area contributed by atoms with Crippen LogP contribution in [0.1, 0.15) is 44.2 Å². The summed E-state index contributed by atoms with van der Waals surface area (Å²) in [6.45, 7) is 0.605. The third-order valence-electron chi connectivity index (χ3n) is 3.58. The molecule has 1 heterocycles. The number of hydrogen-bond donors (Lipinski definition) is 1. The average Bonchev–Trinajstić information content (AvgIpc) is 2.46. The van der Waals surface area contributed by atoms with Crippen LogP contribution in [0.25, 0.3) is 0 Å².